The van der Waals surface area contributed by atoms with Crippen LogP contribution in [0.4, 0.5) is 0 Å². The summed E-state index contributed by atoms with van der Waals surface area (Å²) in [7, 11) is 0. The standard InChI is InChI=1S/C11H9NO2.C7H10N2O2.C3H5NO/c13-11(14)6-5-8-7-12-10-4-2-1-3-9(8)10;1-3-6(10)8-5-9-7(11)4-2;1-2-3(4)5/h1-7,12H,(H,13,14);3-4H,1-2,5H2,(H,8,10)(H,9,11);2H,1H2,(H2,4,5)/b6-5+;;. The van der Waals surface area contributed by atoms with Crippen LogP contribution in [0.15, 0.2) is 74.5 Å². The molecule has 1 aromatic heterocycles. The van der Waals surface area contributed by atoms with Gasteiger partial charge in [-0.05, 0) is 35.9 Å². The molecule has 0 spiro atoms. The van der Waals surface area contributed by atoms with E-state index < -0.39 is 11.9 Å². The second kappa shape index (κ2) is 14.6. The van der Waals surface area contributed by atoms with Crippen LogP contribution < -0.4 is 16.4 Å². The Morgan fingerprint density at radius 1 is 1.00 bits per heavy atom. The molecule has 0 saturated carbocycles. The lowest BCUT2D eigenvalue weighted by Gasteiger charge is -2.01. The van der Waals surface area contributed by atoms with Gasteiger partial charge in [0.25, 0.3) is 0 Å². The smallest absolute Gasteiger partial charge is 0.328 e. The molecule has 0 aliphatic carbocycles. The summed E-state index contributed by atoms with van der Waals surface area (Å²) in [5, 5.41) is 14.2. The van der Waals surface area contributed by atoms with Gasteiger partial charge in [0, 0.05) is 23.2 Å². The Morgan fingerprint density at radius 2 is 1.53 bits per heavy atom. The van der Waals surface area contributed by atoms with E-state index in [1.165, 1.54) is 0 Å². The molecule has 6 N–H and O–H groups in total. The minimum absolute atomic E-state index is 0.0930. The number of hydrogen-bond acceptors (Lipinski definition) is 4. The van der Waals surface area contributed by atoms with Gasteiger partial charge in [-0.25, -0.2) is 4.79 Å². The fourth-order valence-electron chi connectivity index (χ4n) is 1.76. The highest BCUT2D eigenvalue weighted by atomic mass is 16.4. The van der Waals surface area contributed by atoms with Crippen molar-refractivity contribution >= 4 is 40.7 Å². The normalized spacial score (nSPS) is 9.20. The predicted molar refractivity (Wildman–Crippen MR) is 116 cm³/mol. The lowest BCUT2D eigenvalue weighted by Crippen LogP contribution is -2.35. The van der Waals surface area contributed by atoms with Gasteiger partial charge in [-0.2, -0.15) is 0 Å². The Hall–Kier alpha value is -4.40. The Labute approximate surface area is 173 Å². The van der Waals surface area contributed by atoms with E-state index in [9.17, 15) is 19.2 Å². The summed E-state index contributed by atoms with van der Waals surface area (Å²) >= 11 is 0. The van der Waals surface area contributed by atoms with Gasteiger partial charge in [0.15, 0.2) is 0 Å². The second-order valence-electron chi connectivity index (χ2n) is 5.23. The van der Waals surface area contributed by atoms with Gasteiger partial charge in [-0.1, -0.05) is 37.9 Å². The number of carbonyl (C=O) groups excluding carboxylic acids is 3. The molecule has 0 saturated heterocycles. The number of carbonyl (C=O) groups is 4. The Morgan fingerprint density at radius 3 is 2.00 bits per heavy atom. The van der Waals surface area contributed by atoms with Crippen LogP contribution in [-0.4, -0.2) is 40.5 Å². The van der Waals surface area contributed by atoms with Crippen molar-refractivity contribution in [3.05, 3.63) is 80.1 Å². The average molecular weight is 412 g/mol. The number of hydrogen-bond donors (Lipinski definition) is 5. The fourth-order valence-corrected chi connectivity index (χ4v) is 1.76. The largest absolute Gasteiger partial charge is 0.478 e. The first-order chi connectivity index (χ1) is 14.2. The summed E-state index contributed by atoms with van der Waals surface area (Å²) in [6.45, 7) is 9.65. The molecule has 0 aliphatic rings. The summed E-state index contributed by atoms with van der Waals surface area (Å²) in [6, 6.07) is 7.76. The number of nitrogens with two attached hydrogens (primary N) is 1. The summed E-state index contributed by atoms with van der Waals surface area (Å²) < 4.78 is 0. The lowest BCUT2D eigenvalue weighted by atomic mass is 10.1. The molecule has 2 rings (SSSR count). The zero-order valence-electron chi connectivity index (χ0n) is 16.3. The third kappa shape index (κ3) is 11.3. The van der Waals surface area contributed by atoms with Crippen molar-refractivity contribution in [2.45, 2.75) is 0 Å². The van der Waals surface area contributed by atoms with E-state index in [0.29, 0.717) is 0 Å². The highest BCUT2D eigenvalue weighted by Gasteiger charge is 1.99. The fraction of sp³-hybridized carbons (Fsp3) is 0.0476. The van der Waals surface area contributed by atoms with Crippen LogP contribution in [0.3, 0.4) is 0 Å². The molecule has 0 fully saturated rings. The number of primary amides is 1. The highest BCUT2D eigenvalue weighted by Crippen LogP contribution is 2.18. The predicted octanol–water partition coefficient (Wildman–Crippen LogP) is 1.47. The summed E-state index contributed by atoms with van der Waals surface area (Å²) in [5.41, 5.74) is 6.44. The molecular weight excluding hydrogens is 388 g/mol. The number of amides is 3. The van der Waals surface area contributed by atoms with Gasteiger partial charge in [0.1, 0.15) is 0 Å². The van der Waals surface area contributed by atoms with Crippen molar-refractivity contribution < 1.29 is 24.3 Å². The van der Waals surface area contributed by atoms with E-state index in [1.54, 1.807) is 12.3 Å². The monoisotopic (exact) mass is 412 g/mol. The molecule has 9 nitrogen and oxygen atoms in total. The van der Waals surface area contributed by atoms with Crippen LogP contribution in [0.5, 0.6) is 0 Å². The van der Waals surface area contributed by atoms with E-state index in [1.807, 2.05) is 24.3 Å². The number of fused-ring (bicyclic) bond motifs is 1. The van der Waals surface area contributed by atoms with E-state index in [0.717, 1.165) is 40.8 Å². The number of nitrogens with one attached hydrogen (secondary N) is 3. The summed E-state index contributed by atoms with van der Waals surface area (Å²) in [5.74, 6) is -2.07. The summed E-state index contributed by atoms with van der Waals surface area (Å²) in [6.07, 6.45) is 7.82. The number of carboxylic acids is 1. The summed E-state index contributed by atoms with van der Waals surface area (Å²) in [4.78, 5) is 43.8. The van der Waals surface area contributed by atoms with E-state index >= 15 is 0 Å². The Bertz CT molecular complexity index is 924. The van der Waals surface area contributed by atoms with Gasteiger partial charge < -0.3 is 26.5 Å². The number of rotatable bonds is 7. The molecule has 0 aliphatic heterocycles. The molecule has 0 radical (unpaired) electrons. The van der Waals surface area contributed by atoms with Crippen molar-refractivity contribution in [1.29, 1.82) is 0 Å². The molecule has 2 aromatic rings. The van der Waals surface area contributed by atoms with Crippen LogP contribution in [-0.2, 0) is 19.2 Å². The van der Waals surface area contributed by atoms with Crippen LogP contribution >= 0.6 is 0 Å². The highest BCUT2D eigenvalue weighted by molar-refractivity contribution is 5.93. The van der Waals surface area contributed by atoms with E-state index in [4.69, 9.17) is 5.11 Å². The zero-order valence-corrected chi connectivity index (χ0v) is 16.3. The third-order valence-electron chi connectivity index (χ3n) is 3.12. The van der Waals surface area contributed by atoms with Crippen LogP contribution in [0.2, 0.25) is 0 Å². The van der Waals surface area contributed by atoms with Crippen LogP contribution in [0, 0.1) is 0 Å². The quantitative estimate of drug-likeness (QED) is 0.344. The molecule has 0 bridgehead atoms. The SMILES string of the molecule is C=CC(=O)NCNC(=O)C=C.C=CC(N)=O.O=C(O)/C=C/c1c[nH]c2ccccc12. The lowest BCUT2D eigenvalue weighted by molar-refractivity contribution is -0.131. The van der Waals surface area contributed by atoms with Gasteiger partial charge in [0.2, 0.25) is 17.7 Å². The molecule has 0 atom stereocenters. The topological polar surface area (TPSA) is 154 Å². The molecule has 158 valence electrons. The van der Waals surface area contributed by atoms with Crippen molar-refractivity contribution in [2.24, 2.45) is 5.73 Å². The molecule has 1 heterocycles. The van der Waals surface area contributed by atoms with Crippen LogP contribution in [0.1, 0.15) is 5.56 Å². The molecule has 3 amide bonds. The molecule has 0 unspecified atom stereocenters. The number of aromatic amines is 1. The number of aliphatic carboxylic acids is 1. The Balaban J connectivity index is 0.000000471. The maximum absolute atomic E-state index is 10.5. The number of carboxylic acid groups (broad SMARTS) is 1. The van der Waals surface area contributed by atoms with Crippen molar-refractivity contribution in [3.63, 3.8) is 0 Å². The molecule has 30 heavy (non-hydrogen) atoms. The van der Waals surface area contributed by atoms with E-state index in [-0.39, 0.29) is 18.5 Å². The van der Waals surface area contributed by atoms with Crippen LogP contribution in [0.25, 0.3) is 17.0 Å². The first-order valence-electron chi connectivity index (χ1n) is 8.44. The van der Waals surface area contributed by atoms with E-state index in [2.05, 4.69) is 41.1 Å². The first kappa shape index (κ1) is 25.6. The number of H-pyrrole nitrogens is 1. The maximum Gasteiger partial charge on any atom is 0.328 e. The number of aromatic nitrogens is 1. The van der Waals surface area contributed by atoms with Gasteiger partial charge in [-0.3, -0.25) is 14.4 Å². The number of benzene rings is 1. The second-order valence-corrected chi connectivity index (χ2v) is 5.23. The average Bonchev–Trinajstić information content (AvgIpc) is 3.16. The van der Waals surface area contributed by atoms with Gasteiger partial charge in [0.05, 0.1) is 6.67 Å². The molecule has 9 heteroatoms. The molecular formula is C21H24N4O5. The zero-order chi connectivity index (χ0) is 22.9. The maximum atomic E-state index is 10.5. The van der Waals surface area contributed by atoms with Crippen molar-refractivity contribution in [3.8, 4) is 0 Å². The van der Waals surface area contributed by atoms with Gasteiger partial charge >= 0.3 is 5.97 Å². The van der Waals surface area contributed by atoms with Crippen molar-refractivity contribution in [1.82, 2.24) is 15.6 Å². The minimum Gasteiger partial charge on any atom is -0.478 e. The Kier molecular flexibility index (Phi) is 12.5. The van der Waals surface area contributed by atoms with Crippen molar-refractivity contribution in [2.75, 3.05) is 6.67 Å². The number of para-hydroxylation sites is 1. The third-order valence-corrected chi connectivity index (χ3v) is 3.12. The van der Waals surface area contributed by atoms with Gasteiger partial charge in [-0.15, -0.1) is 0 Å². The first-order valence-corrected chi connectivity index (χ1v) is 8.44. The minimum atomic E-state index is -0.935. The molecule has 1 aromatic carbocycles.